The van der Waals surface area contributed by atoms with Crippen molar-refractivity contribution in [1.29, 1.82) is 0 Å². The summed E-state index contributed by atoms with van der Waals surface area (Å²) in [5.74, 6) is 0.837. The first-order valence-corrected chi connectivity index (χ1v) is 15.3. The number of hydrogen-bond acceptors (Lipinski definition) is 2. The van der Waals surface area contributed by atoms with E-state index < -0.39 is 0 Å². The number of aliphatic imine (C=N–C) groups is 2. The van der Waals surface area contributed by atoms with Crippen LogP contribution in [0.25, 0.3) is 22.3 Å². The molecule has 0 aliphatic heterocycles. The Hall–Kier alpha value is -3.12. The van der Waals surface area contributed by atoms with Gasteiger partial charge in [0.05, 0.1) is 22.8 Å². The van der Waals surface area contributed by atoms with Gasteiger partial charge in [-0.25, -0.2) is 0 Å². The molecule has 0 saturated carbocycles. The summed E-state index contributed by atoms with van der Waals surface area (Å²) in [6.45, 7) is 26.4. The Morgan fingerprint density at radius 2 is 0.860 bits per heavy atom. The van der Waals surface area contributed by atoms with Gasteiger partial charge >= 0.3 is 0 Å². The van der Waals surface area contributed by atoms with E-state index in [0.29, 0.717) is 11.8 Å². The van der Waals surface area contributed by atoms with Crippen LogP contribution in [-0.2, 0) is 20.4 Å². The molecule has 0 spiro atoms. The molecule has 0 aliphatic rings. The summed E-state index contributed by atoms with van der Waals surface area (Å²) in [5.41, 5.74) is 19.1. The number of rotatable bonds is 7. The predicted molar refractivity (Wildman–Crippen MR) is 186 cm³/mol. The summed E-state index contributed by atoms with van der Waals surface area (Å²) in [7, 11) is 0. The molecule has 0 atom stereocenters. The largest absolute Gasteiger partial charge is 0.251 e. The van der Waals surface area contributed by atoms with E-state index in [1.54, 1.807) is 0 Å². The topological polar surface area (TPSA) is 24.7 Å². The standard InChI is InChI=1S/C40H48N2.Pd/c1-23(2)33-17-13-15-27(7)37(33)35-21-25(5)19-29(9)39(35)41-31(11)32(12)42-40-30(10)20-26(6)22-36(40)38-28(8)16-14-18-34(38)24(3)4;/h13-24H,1-12H3;. The van der Waals surface area contributed by atoms with Crippen LogP contribution >= 0.6 is 0 Å². The first kappa shape index (κ1) is 34.4. The molecule has 0 unspecified atom stereocenters. The Balaban J connectivity index is 0.00000506. The fourth-order valence-electron chi connectivity index (χ4n) is 6.17. The van der Waals surface area contributed by atoms with Gasteiger partial charge < -0.3 is 0 Å². The van der Waals surface area contributed by atoms with Crippen molar-refractivity contribution in [2.24, 2.45) is 9.98 Å². The molecule has 43 heavy (non-hydrogen) atoms. The summed E-state index contributed by atoms with van der Waals surface area (Å²) in [4.78, 5) is 10.6. The molecule has 228 valence electrons. The second-order valence-electron chi connectivity index (χ2n) is 12.7. The van der Waals surface area contributed by atoms with Crippen LogP contribution in [0.15, 0.2) is 70.6 Å². The second-order valence-corrected chi connectivity index (χ2v) is 12.7. The van der Waals surface area contributed by atoms with Gasteiger partial charge in [-0.1, -0.05) is 87.4 Å². The van der Waals surface area contributed by atoms with Gasteiger partial charge in [0.25, 0.3) is 0 Å². The quantitative estimate of drug-likeness (QED) is 0.139. The van der Waals surface area contributed by atoms with Crippen LogP contribution in [0.1, 0.15) is 97.9 Å². The molecule has 0 amide bonds. The van der Waals surface area contributed by atoms with Crippen molar-refractivity contribution in [2.45, 2.75) is 94.9 Å². The van der Waals surface area contributed by atoms with Crippen molar-refractivity contribution in [3.8, 4) is 22.3 Å². The fourth-order valence-corrected chi connectivity index (χ4v) is 6.17. The molecular weight excluding hydrogens is 615 g/mol. The van der Waals surface area contributed by atoms with Gasteiger partial charge in [0.2, 0.25) is 0 Å². The van der Waals surface area contributed by atoms with E-state index in [-0.39, 0.29) is 20.4 Å². The fraction of sp³-hybridized carbons (Fsp3) is 0.350. The van der Waals surface area contributed by atoms with E-state index in [0.717, 1.165) is 22.8 Å². The molecule has 0 bridgehead atoms. The van der Waals surface area contributed by atoms with E-state index in [9.17, 15) is 0 Å². The molecule has 3 heteroatoms. The Morgan fingerprint density at radius 1 is 0.512 bits per heavy atom. The van der Waals surface area contributed by atoms with Crippen molar-refractivity contribution in [3.05, 3.63) is 105 Å². The average molecular weight is 663 g/mol. The number of nitrogens with zero attached hydrogens (tertiary/aromatic N) is 2. The van der Waals surface area contributed by atoms with Crippen LogP contribution in [-0.4, -0.2) is 11.4 Å². The minimum absolute atomic E-state index is 0. The third kappa shape index (κ3) is 7.34. The van der Waals surface area contributed by atoms with Crippen molar-refractivity contribution in [3.63, 3.8) is 0 Å². The molecule has 2 nitrogen and oxygen atoms in total. The van der Waals surface area contributed by atoms with Crippen molar-refractivity contribution in [2.75, 3.05) is 0 Å². The van der Waals surface area contributed by atoms with E-state index in [4.69, 9.17) is 9.98 Å². The molecule has 4 rings (SSSR count). The summed E-state index contributed by atoms with van der Waals surface area (Å²) in [5, 5.41) is 0. The monoisotopic (exact) mass is 662 g/mol. The molecular formula is C40H48N2Pd. The summed E-state index contributed by atoms with van der Waals surface area (Å²) >= 11 is 0. The number of benzene rings is 4. The maximum atomic E-state index is 5.31. The predicted octanol–water partition coefficient (Wildman–Crippen LogP) is 12.0. The Morgan fingerprint density at radius 3 is 1.19 bits per heavy atom. The Labute approximate surface area is 274 Å². The van der Waals surface area contributed by atoms with Crippen LogP contribution in [0.3, 0.4) is 0 Å². The average Bonchev–Trinajstić information content (AvgIpc) is 2.90. The zero-order valence-electron chi connectivity index (χ0n) is 28.1. The van der Waals surface area contributed by atoms with Crippen molar-refractivity contribution < 1.29 is 20.4 Å². The molecule has 0 radical (unpaired) electrons. The maximum Gasteiger partial charge on any atom is 0.0741 e. The van der Waals surface area contributed by atoms with Crippen LogP contribution in [0.2, 0.25) is 0 Å². The van der Waals surface area contributed by atoms with E-state index in [1.807, 2.05) is 0 Å². The normalized spacial score (nSPS) is 12.2. The van der Waals surface area contributed by atoms with E-state index in [1.165, 1.54) is 66.8 Å². The maximum absolute atomic E-state index is 5.31. The van der Waals surface area contributed by atoms with Gasteiger partial charge in [-0.3, -0.25) is 9.98 Å². The molecule has 0 aromatic heterocycles. The molecule has 0 heterocycles. The van der Waals surface area contributed by atoms with Gasteiger partial charge in [-0.05, 0) is 124 Å². The molecule has 4 aromatic carbocycles. The molecule has 0 aliphatic carbocycles. The van der Waals surface area contributed by atoms with Crippen LogP contribution in [0.5, 0.6) is 0 Å². The minimum atomic E-state index is 0. The molecule has 4 aromatic rings. The number of aryl methyl sites for hydroxylation is 6. The first-order valence-electron chi connectivity index (χ1n) is 15.3. The Kier molecular flexibility index (Phi) is 11.3. The van der Waals surface area contributed by atoms with Crippen molar-refractivity contribution >= 4 is 22.8 Å². The first-order chi connectivity index (χ1) is 19.8. The zero-order chi connectivity index (χ0) is 30.9. The third-order valence-electron chi connectivity index (χ3n) is 8.37. The van der Waals surface area contributed by atoms with Gasteiger partial charge in [0, 0.05) is 31.5 Å². The van der Waals surface area contributed by atoms with Gasteiger partial charge in [-0.15, -0.1) is 0 Å². The SMILES string of the molecule is CC(=Nc1c(C)cc(C)cc1-c1c(C)cccc1C(C)C)C(C)=Nc1c(C)cc(C)cc1-c1c(C)cccc1C(C)C.[Pd]. The van der Waals surface area contributed by atoms with Crippen LogP contribution < -0.4 is 0 Å². The van der Waals surface area contributed by atoms with Crippen LogP contribution in [0.4, 0.5) is 11.4 Å². The smallest absolute Gasteiger partial charge is 0.0741 e. The van der Waals surface area contributed by atoms with Gasteiger partial charge in [0.1, 0.15) is 0 Å². The van der Waals surface area contributed by atoms with Gasteiger partial charge in [0.15, 0.2) is 0 Å². The molecule has 0 N–H and O–H groups in total. The second kappa shape index (κ2) is 14.1. The van der Waals surface area contributed by atoms with E-state index in [2.05, 4.69) is 144 Å². The minimum Gasteiger partial charge on any atom is -0.251 e. The number of hydrogen-bond donors (Lipinski definition) is 0. The molecule has 0 saturated heterocycles. The third-order valence-corrected chi connectivity index (χ3v) is 8.37. The summed E-state index contributed by atoms with van der Waals surface area (Å²) in [6.07, 6.45) is 0. The Bertz CT molecular complexity index is 1580. The summed E-state index contributed by atoms with van der Waals surface area (Å²) < 4.78 is 0. The van der Waals surface area contributed by atoms with Gasteiger partial charge in [-0.2, -0.15) is 0 Å². The van der Waals surface area contributed by atoms with Crippen LogP contribution in [0, 0.1) is 41.5 Å². The summed E-state index contributed by atoms with van der Waals surface area (Å²) in [6, 6.07) is 22.4. The zero-order valence-corrected chi connectivity index (χ0v) is 29.7. The van der Waals surface area contributed by atoms with E-state index >= 15 is 0 Å². The van der Waals surface area contributed by atoms with Crippen molar-refractivity contribution in [1.82, 2.24) is 0 Å². The molecule has 0 fully saturated rings.